The molecule has 1 saturated heterocycles. The minimum absolute atomic E-state index is 0.0577. The molecule has 0 spiro atoms. The quantitative estimate of drug-likeness (QED) is 0.866. The summed E-state index contributed by atoms with van der Waals surface area (Å²) in [6.45, 7) is 1.95. The van der Waals surface area contributed by atoms with Crippen LogP contribution in [0.3, 0.4) is 0 Å². The maximum absolute atomic E-state index is 12.4. The van der Waals surface area contributed by atoms with E-state index in [2.05, 4.69) is 10.1 Å². The molecule has 6 nitrogen and oxygen atoms in total. The van der Waals surface area contributed by atoms with Crippen LogP contribution in [-0.4, -0.2) is 44.9 Å². The van der Waals surface area contributed by atoms with E-state index in [1.54, 1.807) is 0 Å². The number of hydrogen-bond acceptors (Lipinski definition) is 4. The molecule has 22 heavy (non-hydrogen) atoms. The molecule has 1 N–H and O–H groups in total. The number of nitrogens with zero attached hydrogens (tertiary/aromatic N) is 3. The van der Waals surface area contributed by atoms with Gasteiger partial charge in [-0.2, -0.15) is 0 Å². The number of thioether (sulfide) groups is 1. The SMILES string of the molecule is CSc1nn(CC2CCN(C(=O)c3ccccc3)C2)c(=O)[nH]1. The second kappa shape index (κ2) is 6.39. The van der Waals surface area contributed by atoms with Gasteiger partial charge in [0.1, 0.15) is 0 Å². The number of hydrogen-bond donors (Lipinski definition) is 1. The number of aromatic amines is 1. The van der Waals surface area contributed by atoms with E-state index in [-0.39, 0.29) is 17.5 Å². The lowest BCUT2D eigenvalue weighted by molar-refractivity contribution is 0.0785. The van der Waals surface area contributed by atoms with Crippen molar-refractivity contribution in [1.29, 1.82) is 0 Å². The summed E-state index contributed by atoms with van der Waals surface area (Å²) < 4.78 is 1.47. The average Bonchev–Trinajstić information content (AvgIpc) is 3.15. The second-order valence-electron chi connectivity index (χ2n) is 5.39. The molecule has 0 radical (unpaired) electrons. The number of amides is 1. The number of benzene rings is 1. The van der Waals surface area contributed by atoms with E-state index in [1.165, 1.54) is 16.4 Å². The summed E-state index contributed by atoms with van der Waals surface area (Å²) in [5, 5.41) is 4.85. The Kier molecular flexibility index (Phi) is 4.33. The third-order valence-corrected chi connectivity index (χ3v) is 4.45. The Morgan fingerprint density at radius 3 is 2.86 bits per heavy atom. The largest absolute Gasteiger partial charge is 0.343 e. The van der Waals surface area contributed by atoms with Crippen LogP contribution < -0.4 is 5.69 Å². The van der Waals surface area contributed by atoms with Gasteiger partial charge in [-0.1, -0.05) is 30.0 Å². The molecule has 1 atom stereocenters. The first-order valence-electron chi connectivity index (χ1n) is 7.23. The third-order valence-electron chi connectivity index (χ3n) is 3.88. The van der Waals surface area contributed by atoms with Crippen molar-refractivity contribution in [2.24, 2.45) is 5.92 Å². The minimum Gasteiger partial charge on any atom is -0.338 e. The van der Waals surface area contributed by atoms with Gasteiger partial charge in [-0.15, -0.1) is 5.10 Å². The highest BCUT2D eigenvalue weighted by Crippen LogP contribution is 2.20. The fraction of sp³-hybridized carbons (Fsp3) is 0.400. The van der Waals surface area contributed by atoms with Gasteiger partial charge in [0.05, 0.1) is 6.54 Å². The molecule has 1 fully saturated rings. The van der Waals surface area contributed by atoms with Gasteiger partial charge in [0, 0.05) is 18.7 Å². The van der Waals surface area contributed by atoms with Crippen molar-refractivity contribution in [3.05, 3.63) is 46.4 Å². The molecule has 1 aliphatic rings. The zero-order valence-corrected chi connectivity index (χ0v) is 13.2. The number of nitrogens with one attached hydrogen (secondary N) is 1. The van der Waals surface area contributed by atoms with E-state index in [1.807, 2.05) is 41.5 Å². The van der Waals surface area contributed by atoms with Gasteiger partial charge < -0.3 is 4.90 Å². The topological polar surface area (TPSA) is 71.0 Å². The average molecular weight is 318 g/mol. The Balaban J connectivity index is 1.64. The summed E-state index contributed by atoms with van der Waals surface area (Å²) in [6, 6.07) is 9.30. The van der Waals surface area contributed by atoms with Gasteiger partial charge >= 0.3 is 5.69 Å². The summed E-state index contributed by atoms with van der Waals surface area (Å²) in [5.74, 6) is 0.325. The van der Waals surface area contributed by atoms with Gasteiger partial charge in [0.25, 0.3) is 5.91 Å². The predicted molar refractivity (Wildman–Crippen MR) is 85.1 cm³/mol. The summed E-state index contributed by atoms with van der Waals surface area (Å²) in [4.78, 5) is 28.7. The van der Waals surface area contributed by atoms with Gasteiger partial charge in [-0.25, -0.2) is 9.48 Å². The Hall–Kier alpha value is -2.02. The first-order valence-corrected chi connectivity index (χ1v) is 8.45. The minimum atomic E-state index is -0.183. The maximum Gasteiger partial charge on any atom is 0.343 e. The molecule has 2 aromatic rings. The van der Waals surface area contributed by atoms with Gasteiger partial charge in [0.2, 0.25) is 0 Å². The van der Waals surface area contributed by atoms with Crippen LogP contribution in [0, 0.1) is 5.92 Å². The van der Waals surface area contributed by atoms with E-state index in [0.717, 1.165) is 13.0 Å². The van der Waals surface area contributed by atoms with Crippen molar-refractivity contribution in [2.45, 2.75) is 18.1 Å². The third kappa shape index (κ3) is 3.09. The van der Waals surface area contributed by atoms with Crippen molar-refractivity contribution < 1.29 is 4.79 Å². The van der Waals surface area contributed by atoms with Crippen LogP contribution in [-0.2, 0) is 6.54 Å². The molecular formula is C15H18N4O2S. The van der Waals surface area contributed by atoms with E-state index in [9.17, 15) is 9.59 Å². The zero-order chi connectivity index (χ0) is 15.5. The molecule has 2 heterocycles. The molecule has 7 heteroatoms. The summed E-state index contributed by atoms with van der Waals surface area (Å²) in [7, 11) is 0. The van der Waals surface area contributed by atoms with Crippen LogP contribution in [0.15, 0.2) is 40.3 Å². The highest BCUT2D eigenvalue weighted by molar-refractivity contribution is 7.98. The smallest absolute Gasteiger partial charge is 0.338 e. The van der Waals surface area contributed by atoms with E-state index >= 15 is 0 Å². The Morgan fingerprint density at radius 1 is 1.41 bits per heavy atom. The highest BCUT2D eigenvalue weighted by atomic mass is 32.2. The summed E-state index contributed by atoms with van der Waals surface area (Å²) >= 11 is 1.41. The molecule has 3 rings (SSSR count). The first-order chi connectivity index (χ1) is 10.7. The van der Waals surface area contributed by atoms with Crippen LogP contribution >= 0.6 is 11.8 Å². The van der Waals surface area contributed by atoms with Crippen LogP contribution in [0.4, 0.5) is 0 Å². The van der Waals surface area contributed by atoms with Crippen molar-refractivity contribution in [2.75, 3.05) is 19.3 Å². The molecule has 1 unspecified atom stereocenters. The van der Waals surface area contributed by atoms with Crippen LogP contribution in [0.5, 0.6) is 0 Å². The van der Waals surface area contributed by atoms with E-state index < -0.39 is 0 Å². The van der Waals surface area contributed by atoms with Gasteiger partial charge in [-0.3, -0.25) is 9.78 Å². The van der Waals surface area contributed by atoms with Crippen LogP contribution in [0.2, 0.25) is 0 Å². The predicted octanol–water partition coefficient (Wildman–Crippen LogP) is 1.46. The molecule has 1 amide bonds. The van der Waals surface area contributed by atoms with Crippen molar-refractivity contribution in [1.82, 2.24) is 19.7 Å². The molecule has 0 aliphatic carbocycles. The highest BCUT2D eigenvalue weighted by Gasteiger charge is 2.27. The van der Waals surface area contributed by atoms with Gasteiger partial charge in [0.15, 0.2) is 5.16 Å². The van der Waals surface area contributed by atoms with Crippen LogP contribution in [0.1, 0.15) is 16.8 Å². The molecule has 1 aliphatic heterocycles. The first kappa shape index (κ1) is 14.9. The number of likely N-dealkylation sites (tertiary alicyclic amines) is 1. The normalized spacial score (nSPS) is 17.9. The monoisotopic (exact) mass is 318 g/mol. The zero-order valence-electron chi connectivity index (χ0n) is 12.4. The fourth-order valence-corrected chi connectivity index (χ4v) is 3.10. The lowest BCUT2D eigenvalue weighted by atomic mass is 10.1. The Labute approximate surface area is 132 Å². The molecule has 1 aromatic heterocycles. The second-order valence-corrected chi connectivity index (χ2v) is 6.19. The standard InChI is InChI=1S/C15H18N4O2S/c1-22-14-16-15(21)19(17-14)10-11-7-8-18(9-11)13(20)12-5-3-2-4-6-12/h2-6,11H,7-10H2,1H3,(H,16,17,21). The Morgan fingerprint density at radius 2 is 2.18 bits per heavy atom. The lowest BCUT2D eigenvalue weighted by Gasteiger charge is -2.16. The van der Waals surface area contributed by atoms with E-state index in [4.69, 9.17) is 0 Å². The molecule has 116 valence electrons. The number of aromatic nitrogens is 3. The number of H-pyrrole nitrogens is 1. The van der Waals surface area contributed by atoms with Crippen LogP contribution in [0.25, 0.3) is 0 Å². The molecule has 0 bridgehead atoms. The number of carbonyl (C=O) groups excluding carboxylic acids is 1. The van der Waals surface area contributed by atoms with Crippen molar-refractivity contribution in [3.8, 4) is 0 Å². The molecule has 1 aromatic carbocycles. The van der Waals surface area contributed by atoms with E-state index in [0.29, 0.717) is 23.8 Å². The molecule has 0 saturated carbocycles. The Bertz CT molecular complexity index is 710. The lowest BCUT2D eigenvalue weighted by Crippen LogP contribution is -2.30. The number of carbonyl (C=O) groups is 1. The summed E-state index contributed by atoms with van der Waals surface area (Å²) in [5.41, 5.74) is 0.530. The van der Waals surface area contributed by atoms with Gasteiger partial charge in [-0.05, 0) is 30.7 Å². The van der Waals surface area contributed by atoms with Crippen molar-refractivity contribution in [3.63, 3.8) is 0 Å². The number of rotatable bonds is 4. The molecular weight excluding hydrogens is 300 g/mol. The summed E-state index contributed by atoms with van der Waals surface area (Å²) in [6.07, 6.45) is 2.77. The maximum atomic E-state index is 12.4. The fourth-order valence-electron chi connectivity index (χ4n) is 2.73. The van der Waals surface area contributed by atoms with Crippen molar-refractivity contribution >= 4 is 17.7 Å².